The highest BCUT2D eigenvalue weighted by Gasteiger charge is 2.44. The summed E-state index contributed by atoms with van der Waals surface area (Å²) in [5, 5.41) is 23.5. The van der Waals surface area contributed by atoms with Crippen molar-refractivity contribution in [1.29, 1.82) is 0 Å². The molecule has 1 fully saturated rings. The van der Waals surface area contributed by atoms with Crippen molar-refractivity contribution in [2.24, 2.45) is 5.92 Å². The number of aromatic nitrogens is 1. The summed E-state index contributed by atoms with van der Waals surface area (Å²) in [5.74, 6) is -0.851. The van der Waals surface area contributed by atoms with Gasteiger partial charge in [-0.05, 0) is 68.2 Å². The third kappa shape index (κ3) is 5.21. The molecular weight excluding hydrogens is 474 g/mol. The second-order valence-corrected chi connectivity index (χ2v) is 9.59. The second kappa shape index (κ2) is 10.9. The molecule has 1 aromatic heterocycles. The number of benzene rings is 3. The standard InChI is InChI=1S/C30H30F2N2O3/c31-26-10-3-1-8-24(26)30(36,25-9-2-4-11-27(25)32)21-14-17-34(18-15-21)19-22(35)20-37-29-13-5-12-28-23(29)7-6-16-33-28/h1-13,16,21-22,35-36H,14-15,17-20H2. The molecule has 0 saturated carbocycles. The number of pyridine rings is 1. The topological polar surface area (TPSA) is 65.8 Å². The van der Waals surface area contributed by atoms with E-state index in [9.17, 15) is 19.0 Å². The first-order valence-electron chi connectivity index (χ1n) is 12.6. The number of aliphatic hydroxyl groups excluding tert-OH is 1. The van der Waals surface area contributed by atoms with Gasteiger partial charge in [-0.3, -0.25) is 4.98 Å². The summed E-state index contributed by atoms with van der Waals surface area (Å²) in [7, 11) is 0. The zero-order chi connectivity index (χ0) is 25.8. The number of likely N-dealkylation sites (tertiary alicyclic amines) is 1. The third-order valence-corrected chi connectivity index (χ3v) is 7.25. The Morgan fingerprint density at radius 2 is 1.54 bits per heavy atom. The summed E-state index contributed by atoms with van der Waals surface area (Å²) in [4.78, 5) is 6.42. The van der Waals surface area contributed by atoms with Crippen LogP contribution in [0.2, 0.25) is 0 Å². The minimum atomic E-state index is -1.80. The first-order valence-corrected chi connectivity index (χ1v) is 12.6. The first kappa shape index (κ1) is 25.3. The predicted octanol–water partition coefficient (Wildman–Crippen LogP) is 4.90. The van der Waals surface area contributed by atoms with Crippen LogP contribution in [0.1, 0.15) is 24.0 Å². The minimum absolute atomic E-state index is 0.0802. The molecule has 0 aliphatic carbocycles. The van der Waals surface area contributed by atoms with E-state index in [1.165, 1.54) is 24.3 Å². The van der Waals surface area contributed by atoms with E-state index in [4.69, 9.17) is 4.74 Å². The Balaban J connectivity index is 1.25. The van der Waals surface area contributed by atoms with Crippen LogP contribution >= 0.6 is 0 Å². The molecular formula is C30H30F2N2O3. The lowest BCUT2D eigenvalue weighted by molar-refractivity contribution is -0.0264. The van der Waals surface area contributed by atoms with Crippen LogP contribution in [0.25, 0.3) is 10.9 Å². The molecule has 1 atom stereocenters. The van der Waals surface area contributed by atoms with E-state index in [-0.39, 0.29) is 17.7 Å². The van der Waals surface area contributed by atoms with Gasteiger partial charge in [0.2, 0.25) is 0 Å². The summed E-state index contributed by atoms with van der Waals surface area (Å²) < 4.78 is 35.7. The van der Waals surface area contributed by atoms with Gasteiger partial charge in [-0.2, -0.15) is 0 Å². The Kier molecular flexibility index (Phi) is 7.46. The van der Waals surface area contributed by atoms with Crippen molar-refractivity contribution in [2.45, 2.75) is 24.5 Å². The summed E-state index contributed by atoms with van der Waals surface area (Å²) in [6.07, 6.45) is 2.04. The predicted molar refractivity (Wildman–Crippen MR) is 138 cm³/mol. The Bertz CT molecular complexity index is 1310. The van der Waals surface area contributed by atoms with Gasteiger partial charge in [0.15, 0.2) is 0 Å². The van der Waals surface area contributed by atoms with Crippen molar-refractivity contribution in [3.8, 4) is 5.75 Å². The summed E-state index contributed by atoms with van der Waals surface area (Å²) >= 11 is 0. The lowest BCUT2D eigenvalue weighted by Gasteiger charge is -2.42. The van der Waals surface area contributed by atoms with Crippen molar-refractivity contribution in [3.63, 3.8) is 0 Å². The lowest BCUT2D eigenvalue weighted by atomic mass is 9.71. The molecule has 5 nitrogen and oxygen atoms in total. The van der Waals surface area contributed by atoms with Crippen molar-refractivity contribution >= 4 is 10.9 Å². The van der Waals surface area contributed by atoms with Crippen LogP contribution in [0.4, 0.5) is 8.78 Å². The van der Waals surface area contributed by atoms with Gasteiger partial charge in [0.25, 0.3) is 0 Å². The van der Waals surface area contributed by atoms with E-state index in [0.717, 1.165) is 10.9 Å². The molecule has 192 valence electrons. The molecule has 1 unspecified atom stereocenters. The number of nitrogens with zero attached hydrogens (tertiary/aromatic N) is 2. The van der Waals surface area contributed by atoms with Crippen molar-refractivity contribution in [1.82, 2.24) is 9.88 Å². The van der Waals surface area contributed by atoms with Gasteiger partial charge < -0.3 is 19.8 Å². The quantitative estimate of drug-likeness (QED) is 0.357. The number of ether oxygens (including phenoxy) is 1. The van der Waals surface area contributed by atoms with Crippen molar-refractivity contribution in [2.75, 3.05) is 26.2 Å². The van der Waals surface area contributed by atoms with Gasteiger partial charge in [0, 0.05) is 29.3 Å². The van der Waals surface area contributed by atoms with Crippen LogP contribution in [-0.4, -0.2) is 52.4 Å². The highest BCUT2D eigenvalue weighted by molar-refractivity contribution is 5.84. The Labute approximate surface area is 215 Å². The maximum atomic E-state index is 14.9. The zero-order valence-electron chi connectivity index (χ0n) is 20.4. The van der Waals surface area contributed by atoms with E-state index >= 15 is 0 Å². The Morgan fingerprint density at radius 3 is 2.19 bits per heavy atom. The van der Waals surface area contributed by atoms with Crippen LogP contribution in [0, 0.1) is 17.6 Å². The fraction of sp³-hybridized carbons (Fsp3) is 0.300. The Morgan fingerprint density at radius 1 is 0.892 bits per heavy atom. The average Bonchev–Trinajstić information content (AvgIpc) is 2.92. The van der Waals surface area contributed by atoms with Crippen LogP contribution in [0.3, 0.4) is 0 Å². The third-order valence-electron chi connectivity index (χ3n) is 7.25. The highest BCUT2D eigenvalue weighted by Crippen LogP contribution is 2.43. The first-order chi connectivity index (χ1) is 18.0. The average molecular weight is 505 g/mol. The number of fused-ring (bicyclic) bond motifs is 1. The summed E-state index contributed by atoms with van der Waals surface area (Å²) in [6, 6.07) is 21.5. The fourth-order valence-electron chi connectivity index (χ4n) is 5.40. The smallest absolute Gasteiger partial charge is 0.129 e. The molecule has 1 saturated heterocycles. The molecule has 2 heterocycles. The molecule has 0 bridgehead atoms. The molecule has 1 aliphatic heterocycles. The second-order valence-electron chi connectivity index (χ2n) is 9.59. The molecule has 37 heavy (non-hydrogen) atoms. The van der Waals surface area contributed by atoms with Crippen LogP contribution in [0.15, 0.2) is 85.1 Å². The normalized spacial score (nSPS) is 16.1. The molecule has 2 N–H and O–H groups in total. The van der Waals surface area contributed by atoms with E-state index < -0.39 is 29.3 Å². The molecule has 1 aliphatic rings. The van der Waals surface area contributed by atoms with E-state index in [2.05, 4.69) is 9.88 Å². The molecule has 7 heteroatoms. The minimum Gasteiger partial charge on any atom is -0.490 e. The van der Waals surface area contributed by atoms with Gasteiger partial charge in [0.1, 0.15) is 35.7 Å². The molecule has 0 radical (unpaired) electrons. The van der Waals surface area contributed by atoms with Crippen molar-refractivity contribution in [3.05, 3.63) is 108 Å². The molecule has 0 amide bonds. The van der Waals surface area contributed by atoms with Crippen molar-refractivity contribution < 1.29 is 23.7 Å². The van der Waals surface area contributed by atoms with Crippen LogP contribution < -0.4 is 4.74 Å². The van der Waals surface area contributed by atoms with E-state index in [0.29, 0.717) is 38.2 Å². The highest BCUT2D eigenvalue weighted by atomic mass is 19.1. The number of halogens is 2. The number of hydrogen-bond donors (Lipinski definition) is 2. The molecule has 0 spiro atoms. The Hall–Kier alpha value is -3.39. The maximum Gasteiger partial charge on any atom is 0.129 e. The van der Waals surface area contributed by atoms with Gasteiger partial charge in [-0.15, -0.1) is 0 Å². The molecule has 5 rings (SSSR count). The number of aliphatic hydroxyl groups is 2. The summed E-state index contributed by atoms with van der Waals surface area (Å²) in [5.41, 5.74) is -0.811. The van der Waals surface area contributed by atoms with E-state index in [1.54, 1.807) is 30.5 Å². The fourth-order valence-corrected chi connectivity index (χ4v) is 5.40. The maximum absolute atomic E-state index is 14.9. The van der Waals surface area contributed by atoms with Crippen LogP contribution in [0.5, 0.6) is 5.75 Å². The zero-order valence-corrected chi connectivity index (χ0v) is 20.4. The molecule has 4 aromatic rings. The number of β-amino-alcohol motifs (C(OH)–C–C–N with tert-alkyl or cyclic N) is 1. The lowest BCUT2D eigenvalue weighted by Crippen LogP contribution is -2.47. The number of piperidine rings is 1. The van der Waals surface area contributed by atoms with Gasteiger partial charge >= 0.3 is 0 Å². The monoisotopic (exact) mass is 504 g/mol. The van der Waals surface area contributed by atoms with E-state index in [1.807, 2.05) is 30.3 Å². The number of hydrogen-bond acceptors (Lipinski definition) is 5. The molecule has 3 aromatic carbocycles. The van der Waals surface area contributed by atoms with Crippen LogP contribution in [-0.2, 0) is 5.60 Å². The van der Waals surface area contributed by atoms with Gasteiger partial charge in [-0.25, -0.2) is 8.78 Å². The summed E-state index contributed by atoms with van der Waals surface area (Å²) in [6.45, 7) is 1.67. The SMILES string of the molecule is OC(COc1cccc2ncccc12)CN1CCC(C(O)(c2ccccc2F)c2ccccc2F)CC1. The largest absolute Gasteiger partial charge is 0.490 e. The number of rotatable bonds is 8. The van der Waals surface area contributed by atoms with Gasteiger partial charge in [-0.1, -0.05) is 42.5 Å². The van der Waals surface area contributed by atoms with Gasteiger partial charge in [0.05, 0.1) is 5.52 Å².